The molecule has 2 aromatic rings. The minimum Gasteiger partial charge on any atom is -0.494 e. The summed E-state index contributed by atoms with van der Waals surface area (Å²) in [6, 6.07) is 15.0. The summed E-state index contributed by atoms with van der Waals surface area (Å²) in [6.07, 6.45) is 5.27. The van der Waals surface area contributed by atoms with E-state index in [1.807, 2.05) is 35.2 Å². The van der Waals surface area contributed by atoms with Crippen molar-refractivity contribution in [2.75, 3.05) is 33.8 Å². The lowest BCUT2D eigenvalue weighted by Crippen LogP contribution is -2.49. The molecule has 1 spiro atoms. The Balaban J connectivity index is 1.14. The highest BCUT2D eigenvalue weighted by atomic mass is 35.5. The molecule has 1 aliphatic heterocycles. The van der Waals surface area contributed by atoms with Crippen LogP contribution in [0.5, 0.6) is 5.75 Å². The van der Waals surface area contributed by atoms with Crippen molar-refractivity contribution in [2.24, 2.45) is 11.3 Å². The number of amides is 2. The summed E-state index contributed by atoms with van der Waals surface area (Å²) >= 11 is 6.27. The maximum Gasteiger partial charge on any atom is 0.410 e. The number of nitrogens with zero attached hydrogens (tertiary/aromatic N) is 2. The van der Waals surface area contributed by atoms with E-state index in [0.29, 0.717) is 40.9 Å². The summed E-state index contributed by atoms with van der Waals surface area (Å²) in [7, 11) is 3.41. The van der Waals surface area contributed by atoms with Crippen molar-refractivity contribution in [3.8, 4) is 5.75 Å². The molecule has 182 valence electrons. The molecule has 2 fully saturated rings. The Morgan fingerprint density at radius 1 is 1.09 bits per heavy atom. The monoisotopic (exact) mass is 484 g/mol. The molecule has 2 amide bonds. The Morgan fingerprint density at radius 2 is 1.79 bits per heavy atom. The van der Waals surface area contributed by atoms with Gasteiger partial charge < -0.3 is 19.3 Å². The molecule has 0 unspecified atom stereocenters. The third kappa shape index (κ3) is 5.84. The van der Waals surface area contributed by atoms with E-state index in [9.17, 15) is 9.59 Å². The van der Waals surface area contributed by atoms with Crippen LogP contribution in [0.2, 0.25) is 5.02 Å². The Morgan fingerprint density at radius 3 is 2.44 bits per heavy atom. The van der Waals surface area contributed by atoms with Crippen LogP contribution in [0.3, 0.4) is 0 Å². The molecule has 34 heavy (non-hydrogen) atoms. The fraction of sp³-hybridized carbons (Fsp3) is 0.481. The number of piperidine rings is 1. The minimum absolute atomic E-state index is 0.119. The zero-order valence-electron chi connectivity index (χ0n) is 20.0. The second-order valence-corrected chi connectivity index (χ2v) is 10.2. The smallest absolute Gasteiger partial charge is 0.410 e. The van der Waals surface area contributed by atoms with Gasteiger partial charge in [0, 0.05) is 27.2 Å². The van der Waals surface area contributed by atoms with Gasteiger partial charge in [-0.25, -0.2) is 4.79 Å². The summed E-state index contributed by atoms with van der Waals surface area (Å²) in [5.74, 6) is 1.23. The molecule has 2 aromatic carbocycles. The van der Waals surface area contributed by atoms with Gasteiger partial charge in [0.25, 0.3) is 5.91 Å². The maximum absolute atomic E-state index is 12.4. The van der Waals surface area contributed by atoms with Gasteiger partial charge in [0.15, 0.2) is 0 Å². The molecule has 0 aromatic heterocycles. The summed E-state index contributed by atoms with van der Waals surface area (Å²) in [4.78, 5) is 27.8. The minimum atomic E-state index is -0.208. The van der Waals surface area contributed by atoms with Crippen LogP contribution < -0.4 is 4.74 Å². The number of rotatable bonds is 7. The first-order valence-electron chi connectivity index (χ1n) is 11.9. The molecule has 6 nitrogen and oxygen atoms in total. The maximum atomic E-state index is 12.4. The van der Waals surface area contributed by atoms with Gasteiger partial charge in [-0.1, -0.05) is 41.9 Å². The number of ether oxygens (including phenoxy) is 2. The van der Waals surface area contributed by atoms with E-state index in [1.54, 1.807) is 32.3 Å². The lowest BCUT2D eigenvalue weighted by atomic mass is 9.57. The van der Waals surface area contributed by atoms with Crippen molar-refractivity contribution < 1.29 is 19.1 Å². The van der Waals surface area contributed by atoms with Gasteiger partial charge in [-0.3, -0.25) is 4.79 Å². The molecule has 0 radical (unpaired) electrons. The second kappa shape index (κ2) is 10.7. The molecule has 2 aliphatic rings. The first kappa shape index (κ1) is 24.4. The topological polar surface area (TPSA) is 59.1 Å². The van der Waals surface area contributed by atoms with Crippen molar-refractivity contribution in [1.29, 1.82) is 0 Å². The van der Waals surface area contributed by atoms with Crippen LogP contribution in [0.1, 0.15) is 48.0 Å². The van der Waals surface area contributed by atoms with E-state index in [2.05, 4.69) is 0 Å². The average Bonchev–Trinajstić information content (AvgIpc) is 2.82. The van der Waals surface area contributed by atoms with Crippen LogP contribution in [0.4, 0.5) is 4.79 Å². The van der Waals surface area contributed by atoms with Crippen molar-refractivity contribution in [2.45, 2.75) is 38.7 Å². The zero-order chi connectivity index (χ0) is 24.1. The van der Waals surface area contributed by atoms with Crippen LogP contribution >= 0.6 is 11.6 Å². The average molecular weight is 485 g/mol. The third-order valence-electron chi connectivity index (χ3n) is 7.10. The van der Waals surface area contributed by atoms with Crippen molar-refractivity contribution in [3.05, 3.63) is 64.7 Å². The molecular formula is C27H33ClN2O4. The number of carbonyl (C=O) groups excluding carboxylic acids is 2. The first-order chi connectivity index (χ1) is 16.3. The first-order valence-corrected chi connectivity index (χ1v) is 12.3. The van der Waals surface area contributed by atoms with Crippen LogP contribution in [-0.4, -0.2) is 55.6 Å². The molecule has 1 heterocycles. The predicted molar refractivity (Wildman–Crippen MR) is 132 cm³/mol. The number of halogens is 1. The summed E-state index contributed by atoms with van der Waals surface area (Å²) in [6.45, 7) is 2.50. The van der Waals surface area contributed by atoms with Gasteiger partial charge >= 0.3 is 6.09 Å². The van der Waals surface area contributed by atoms with Gasteiger partial charge in [-0.05, 0) is 67.2 Å². The van der Waals surface area contributed by atoms with E-state index in [1.165, 1.54) is 17.7 Å². The van der Waals surface area contributed by atoms with Gasteiger partial charge in [-0.15, -0.1) is 0 Å². The largest absolute Gasteiger partial charge is 0.494 e. The Bertz CT molecular complexity index is 995. The number of likely N-dealkylation sites (tertiary alicyclic amines) is 1. The van der Waals surface area contributed by atoms with Gasteiger partial charge in [0.2, 0.25) is 0 Å². The van der Waals surface area contributed by atoms with Crippen LogP contribution in [0.25, 0.3) is 0 Å². The number of hydrogen-bond donors (Lipinski definition) is 0. The molecule has 1 saturated carbocycles. The highest BCUT2D eigenvalue weighted by Crippen LogP contribution is 2.53. The van der Waals surface area contributed by atoms with E-state index >= 15 is 0 Å². The number of benzene rings is 2. The molecule has 0 bridgehead atoms. The van der Waals surface area contributed by atoms with E-state index in [4.69, 9.17) is 21.1 Å². The molecule has 0 atom stereocenters. The van der Waals surface area contributed by atoms with Crippen molar-refractivity contribution >= 4 is 23.6 Å². The van der Waals surface area contributed by atoms with Gasteiger partial charge in [0.05, 0.1) is 17.2 Å². The Hall–Kier alpha value is -2.73. The zero-order valence-corrected chi connectivity index (χ0v) is 20.7. The van der Waals surface area contributed by atoms with Crippen LogP contribution in [0, 0.1) is 11.3 Å². The molecule has 1 aliphatic carbocycles. The fourth-order valence-electron chi connectivity index (χ4n) is 5.09. The summed E-state index contributed by atoms with van der Waals surface area (Å²) in [5, 5.41) is 0.410. The van der Waals surface area contributed by atoms with E-state index in [0.717, 1.165) is 37.9 Å². The van der Waals surface area contributed by atoms with Crippen LogP contribution in [-0.2, 0) is 11.3 Å². The predicted octanol–water partition coefficient (Wildman–Crippen LogP) is 5.64. The highest BCUT2D eigenvalue weighted by molar-refractivity contribution is 6.34. The Labute approximate surface area is 206 Å². The normalized spacial score (nSPS) is 17.2. The van der Waals surface area contributed by atoms with E-state index in [-0.39, 0.29) is 12.0 Å². The quantitative estimate of drug-likeness (QED) is 0.510. The van der Waals surface area contributed by atoms with Gasteiger partial charge in [0.1, 0.15) is 12.4 Å². The molecule has 4 rings (SSSR count). The number of carbonyl (C=O) groups is 2. The molecular weight excluding hydrogens is 452 g/mol. The van der Waals surface area contributed by atoms with E-state index < -0.39 is 0 Å². The molecule has 7 heteroatoms. The van der Waals surface area contributed by atoms with Gasteiger partial charge in [-0.2, -0.15) is 0 Å². The fourth-order valence-corrected chi connectivity index (χ4v) is 5.35. The number of hydrogen-bond acceptors (Lipinski definition) is 4. The highest BCUT2D eigenvalue weighted by Gasteiger charge is 2.46. The van der Waals surface area contributed by atoms with Crippen LogP contribution in [0.15, 0.2) is 48.5 Å². The lowest BCUT2D eigenvalue weighted by Gasteiger charge is -2.52. The Kier molecular flexibility index (Phi) is 7.67. The third-order valence-corrected chi connectivity index (χ3v) is 7.42. The lowest BCUT2D eigenvalue weighted by molar-refractivity contribution is -0.0202. The van der Waals surface area contributed by atoms with Crippen molar-refractivity contribution in [1.82, 2.24) is 9.80 Å². The molecule has 0 N–H and O–H groups in total. The molecule has 1 saturated heterocycles. The summed E-state index contributed by atoms with van der Waals surface area (Å²) in [5.41, 5.74) is 1.86. The SMILES string of the molecule is CN(C)C(=O)c1ccc(OCCC2CC3(CCN(C(=O)OCc4ccccc4)CC3)C2)cc1Cl. The summed E-state index contributed by atoms with van der Waals surface area (Å²) < 4.78 is 11.4. The standard InChI is InChI=1S/C27H33ClN2O4/c1-29(2)25(31)23-9-8-22(16-24(23)28)33-15-10-21-17-27(18-21)11-13-30(14-12-27)26(32)34-19-20-6-4-3-5-7-20/h3-9,16,21H,10-15,17-19H2,1-2H3. The second-order valence-electron chi connectivity index (χ2n) is 9.78. The van der Waals surface area contributed by atoms with Crippen molar-refractivity contribution in [3.63, 3.8) is 0 Å².